The van der Waals surface area contributed by atoms with Crippen LogP contribution in [0.1, 0.15) is 25.7 Å². The molecule has 5 nitrogen and oxygen atoms in total. The molecule has 1 aromatic rings. The van der Waals surface area contributed by atoms with Crippen LogP contribution >= 0.6 is 11.3 Å². The molecule has 1 atom stereocenters. The Balaban J connectivity index is 1.50. The molecule has 0 aromatic carbocycles. The van der Waals surface area contributed by atoms with E-state index in [2.05, 4.69) is 5.32 Å². The van der Waals surface area contributed by atoms with Crippen molar-refractivity contribution in [1.82, 2.24) is 5.32 Å². The number of hydrogen-bond acceptors (Lipinski definition) is 4. The first-order valence-electron chi connectivity index (χ1n) is 7.03. The van der Waals surface area contributed by atoms with Gasteiger partial charge >= 0.3 is 6.09 Å². The van der Waals surface area contributed by atoms with Crippen LogP contribution in [0, 0.1) is 5.92 Å². The summed E-state index contributed by atoms with van der Waals surface area (Å²) in [6, 6.07) is 3.80. The third-order valence-electron chi connectivity index (χ3n) is 3.88. The van der Waals surface area contributed by atoms with Crippen molar-refractivity contribution in [3.05, 3.63) is 17.5 Å². The summed E-state index contributed by atoms with van der Waals surface area (Å²) in [5.41, 5.74) is 0. The van der Waals surface area contributed by atoms with Gasteiger partial charge in [-0.1, -0.05) is 12.8 Å². The van der Waals surface area contributed by atoms with Crippen LogP contribution in [0.4, 0.5) is 9.80 Å². The monoisotopic (exact) mass is 294 g/mol. The molecule has 1 aliphatic heterocycles. The number of amides is 2. The Kier molecular flexibility index (Phi) is 3.91. The molecule has 2 heterocycles. The smallest absolute Gasteiger partial charge is 0.415 e. The van der Waals surface area contributed by atoms with E-state index in [-0.39, 0.29) is 24.0 Å². The van der Waals surface area contributed by atoms with Gasteiger partial charge < -0.3 is 10.1 Å². The Bertz CT molecular complexity index is 483. The fraction of sp³-hybridized carbons (Fsp3) is 0.571. The maximum absolute atomic E-state index is 11.9. The van der Waals surface area contributed by atoms with E-state index in [0.717, 1.165) is 30.7 Å². The lowest BCUT2D eigenvalue weighted by Crippen LogP contribution is -2.37. The molecule has 2 fully saturated rings. The lowest BCUT2D eigenvalue weighted by atomic mass is 10.1. The van der Waals surface area contributed by atoms with Gasteiger partial charge in [-0.3, -0.25) is 9.69 Å². The molecule has 2 amide bonds. The molecule has 0 spiro atoms. The summed E-state index contributed by atoms with van der Waals surface area (Å²) in [4.78, 5) is 25.3. The van der Waals surface area contributed by atoms with E-state index >= 15 is 0 Å². The number of nitrogens with one attached hydrogen (secondary N) is 1. The van der Waals surface area contributed by atoms with E-state index in [1.54, 1.807) is 4.90 Å². The zero-order valence-corrected chi connectivity index (χ0v) is 12.0. The minimum atomic E-state index is -0.326. The van der Waals surface area contributed by atoms with Crippen LogP contribution in [0.5, 0.6) is 0 Å². The van der Waals surface area contributed by atoms with Crippen molar-refractivity contribution in [2.45, 2.75) is 31.8 Å². The van der Waals surface area contributed by atoms with Gasteiger partial charge in [-0.15, -0.1) is 11.3 Å². The molecule has 3 rings (SSSR count). The average Bonchev–Trinajstić information content (AvgIpc) is 3.17. The van der Waals surface area contributed by atoms with Gasteiger partial charge in [0.1, 0.15) is 11.1 Å². The van der Waals surface area contributed by atoms with Crippen LogP contribution in [0.2, 0.25) is 0 Å². The third-order valence-corrected chi connectivity index (χ3v) is 4.77. The largest absolute Gasteiger partial charge is 0.442 e. The Labute approximate surface area is 121 Å². The van der Waals surface area contributed by atoms with Gasteiger partial charge in [-0.25, -0.2) is 4.79 Å². The summed E-state index contributed by atoms with van der Waals surface area (Å²) in [5.74, 6) is 0.258. The van der Waals surface area contributed by atoms with E-state index in [0.29, 0.717) is 13.1 Å². The van der Waals surface area contributed by atoms with Gasteiger partial charge in [0.05, 0.1) is 13.1 Å². The van der Waals surface area contributed by atoms with Gasteiger partial charge in [0.25, 0.3) is 0 Å². The highest BCUT2D eigenvalue weighted by Gasteiger charge is 2.33. The van der Waals surface area contributed by atoms with Crippen LogP contribution < -0.4 is 10.2 Å². The highest BCUT2D eigenvalue weighted by molar-refractivity contribution is 7.14. The quantitative estimate of drug-likeness (QED) is 0.927. The lowest BCUT2D eigenvalue weighted by Gasteiger charge is -2.13. The minimum Gasteiger partial charge on any atom is -0.442 e. The first-order valence-corrected chi connectivity index (χ1v) is 7.91. The molecule has 108 valence electrons. The van der Waals surface area contributed by atoms with Crippen LogP contribution in [-0.4, -0.2) is 31.2 Å². The predicted molar refractivity (Wildman–Crippen MR) is 76.9 cm³/mol. The summed E-state index contributed by atoms with van der Waals surface area (Å²) in [6.07, 6.45) is 3.67. The number of cyclic esters (lactones) is 1. The normalized spacial score (nSPS) is 23.1. The van der Waals surface area contributed by atoms with Gasteiger partial charge in [0.15, 0.2) is 0 Å². The molecule has 6 heteroatoms. The van der Waals surface area contributed by atoms with Crippen LogP contribution in [0.3, 0.4) is 0 Å². The van der Waals surface area contributed by atoms with Crippen molar-refractivity contribution in [3.63, 3.8) is 0 Å². The summed E-state index contributed by atoms with van der Waals surface area (Å²) >= 11 is 1.51. The van der Waals surface area contributed by atoms with E-state index in [4.69, 9.17) is 4.74 Å². The Morgan fingerprint density at radius 2 is 2.25 bits per heavy atom. The maximum atomic E-state index is 11.9. The van der Waals surface area contributed by atoms with Gasteiger partial charge in [-0.05, 0) is 30.4 Å². The van der Waals surface area contributed by atoms with Crippen molar-refractivity contribution >= 4 is 28.3 Å². The van der Waals surface area contributed by atoms with Gasteiger partial charge in [0, 0.05) is 5.92 Å². The highest BCUT2D eigenvalue weighted by atomic mass is 32.1. The molecular formula is C14H18N2O3S. The average molecular weight is 294 g/mol. The molecule has 1 N–H and O–H groups in total. The molecule has 2 aliphatic rings. The molecule has 1 saturated carbocycles. The van der Waals surface area contributed by atoms with Crippen LogP contribution in [0.25, 0.3) is 0 Å². The molecular weight excluding hydrogens is 276 g/mol. The lowest BCUT2D eigenvalue weighted by molar-refractivity contribution is -0.125. The zero-order valence-electron chi connectivity index (χ0n) is 11.2. The fourth-order valence-electron chi connectivity index (χ4n) is 2.78. The molecule has 1 aromatic heterocycles. The van der Waals surface area contributed by atoms with Gasteiger partial charge in [0.2, 0.25) is 5.91 Å². The predicted octanol–water partition coefficient (Wildman–Crippen LogP) is 2.38. The number of rotatable bonds is 4. The van der Waals surface area contributed by atoms with Crippen molar-refractivity contribution in [3.8, 4) is 0 Å². The fourth-order valence-corrected chi connectivity index (χ4v) is 3.51. The topological polar surface area (TPSA) is 58.6 Å². The SMILES string of the molecule is O=C(NCC1CN(c2cccs2)C(=O)O1)C1CCCC1. The Morgan fingerprint density at radius 3 is 2.95 bits per heavy atom. The molecule has 0 bridgehead atoms. The number of hydrogen-bond donors (Lipinski definition) is 1. The number of carbonyl (C=O) groups excluding carboxylic acids is 2. The first kappa shape index (κ1) is 13.4. The second kappa shape index (κ2) is 5.83. The standard InChI is InChI=1S/C14H18N2O3S/c17-13(10-4-1-2-5-10)15-8-11-9-16(14(18)19-11)12-6-3-7-20-12/h3,6-7,10-11H,1-2,4-5,8-9H2,(H,15,17). The molecule has 20 heavy (non-hydrogen) atoms. The number of nitrogens with zero attached hydrogens (tertiary/aromatic N) is 1. The molecule has 0 radical (unpaired) electrons. The molecule has 1 saturated heterocycles. The second-order valence-corrected chi connectivity index (χ2v) is 6.22. The van der Waals surface area contributed by atoms with E-state index in [1.807, 2.05) is 17.5 Å². The summed E-state index contributed by atoms with van der Waals surface area (Å²) in [5, 5.41) is 5.73. The maximum Gasteiger partial charge on any atom is 0.415 e. The van der Waals surface area contributed by atoms with Crippen LogP contribution in [0.15, 0.2) is 17.5 Å². The number of thiophene rings is 1. The Hall–Kier alpha value is -1.56. The number of anilines is 1. The zero-order chi connectivity index (χ0) is 13.9. The number of carbonyl (C=O) groups is 2. The Morgan fingerprint density at radius 1 is 1.45 bits per heavy atom. The summed E-state index contributed by atoms with van der Waals surface area (Å²) < 4.78 is 5.29. The van der Waals surface area contributed by atoms with E-state index in [1.165, 1.54) is 11.3 Å². The van der Waals surface area contributed by atoms with Gasteiger partial charge in [-0.2, -0.15) is 0 Å². The van der Waals surface area contributed by atoms with E-state index in [9.17, 15) is 9.59 Å². The summed E-state index contributed by atoms with van der Waals surface area (Å²) in [7, 11) is 0. The van der Waals surface area contributed by atoms with Crippen molar-refractivity contribution < 1.29 is 14.3 Å². The minimum absolute atomic E-state index is 0.105. The second-order valence-electron chi connectivity index (χ2n) is 5.29. The molecule has 1 aliphatic carbocycles. The highest BCUT2D eigenvalue weighted by Crippen LogP contribution is 2.27. The van der Waals surface area contributed by atoms with Crippen molar-refractivity contribution in [1.29, 1.82) is 0 Å². The third kappa shape index (κ3) is 2.80. The molecule has 1 unspecified atom stereocenters. The summed E-state index contributed by atoms with van der Waals surface area (Å²) in [6.45, 7) is 0.910. The first-order chi connectivity index (χ1) is 9.74. The number of ether oxygens (including phenoxy) is 1. The van der Waals surface area contributed by atoms with Crippen molar-refractivity contribution in [2.24, 2.45) is 5.92 Å². The van der Waals surface area contributed by atoms with Crippen LogP contribution in [-0.2, 0) is 9.53 Å². The van der Waals surface area contributed by atoms with Crippen molar-refractivity contribution in [2.75, 3.05) is 18.0 Å². The van der Waals surface area contributed by atoms with E-state index < -0.39 is 0 Å².